The summed E-state index contributed by atoms with van der Waals surface area (Å²) in [4.78, 5) is 8.96. The Labute approximate surface area is 147 Å². The van der Waals surface area contributed by atoms with Crippen molar-refractivity contribution in [3.8, 4) is 5.75 Å². The van der Waals surface area contributed by atoms with E-state index in [1.54, 1.807) is 11.3 Å². The second-order valence-corrected chi connectivity index (χ2v) is 7.26. The lowest BCUT2D eigenvalue weighted by atomic mass is 10.1. The number of β-amino-alcohol motifs (C(OH)–C–C–N with tert-alkyl or cyclic N) is 1. The molecular formula is C18H25N3O2S. The largest absolute Gasteiger partial charge is 0.491 e. The normalized spacial score (nSPS) is 17.0. The van der Waals surface area contributed by atoms with E-state index in [2.05, 4.69) is 34.7 Å². The first-order chi connectivity index (χ1) is 11.6. The van der Waals surface area contributed by atoms with Gasteiger partial charge in [-0.05, 0) is 37.1 Å². The van der Waals surface area contributed by atoms with Crippen molar-refractivity contribution in [1.82, 2.24) is 9.88 Å². The van der Waals surface area contributed by atoms with Gasteiger partial charge in [-0.25, -0.2) is 4.98 Å². The molecule has 2 heterocycles. The van der Waals surface area contributed by atoms with Crippen molar-refractivity contribution in [3.05, 3.63) is 40.9 Å². The maximum Gasteiger partial charge on any atom is 0.185 e. The predicted octanol–water partition coefficient (Wildman–Crippen LogP) is 2.32. The second kappa shape index (κ2) is 7.96. The van der Waals surface area contributed by atoms with E-state index in [-0.39, 0.29) is 0 Å². The van der Waals surface area contributed by atoms with Gasteiger partial charge in [0, 0.05) is 44.3 Å². The lowest BCUT2D eigenvalue weighted by Crippen LogP contribution is -2.49. The minimum absolute atomic E-state index is 0.329. The molecule has 3 rings (SSSR count). The number of aliphatic hydroxyl groups is 1. The minimum atomic E-state index is -0.475. The molecule has 6 heteroatoms. The number of rotatable bonds is 6. The summed E-state index contributed by atoms with van der Waals surface area (Å²) in [5.41, 5.74) is 2.36. The molecule has 0 spiro atoms. The molecule has 130 valence electrons. The maximum atomic E-state index is 10.3. The van der Waals surface area contributed by atoms with E-state index >= 15 is 0 Å². The Balaban J connectivity index is 1.42. The third-order valence-electron chi connectivity index (χ3n) is 4.17. The van der Waals surface area contributed by atoms with Crippen LogP contribution in [-0.4, -0.2) is 60.4 Å². The average Bonchev–Trinajstić information content (AvgIpc) is 3.07. The summed E-state index contributed by atoms with van der Waals surface area (Å²) in [6, 6.07) is 6.13. The molecule has 0 radical (unpaired) electrons. The number of aryl methyl sites for hydroxylation is 2. The van der Waals surface area contributed by atoms with Crippen molar-refractivity contribution >= 4 is 16.5 Å². The highest BCUT2D eigenvalue weighted by atomic mass is 32.1. The van der Waals surface area contributed by atoms with Gasteiger partial charge in [-0.2, -0.15) is 0 Å². The fraction of sp³-hybridized carbons (Fsp3) is 0.500. The molecule has 1 atom stereocenters. The number of benzene rings is 1. The lowest BCUT2D eigenvalue weighted by Gasteiger charge is -2.35. The molecule has 5 nitrogen and oxygen atoms in total. The summed E-state index contributed by atoms with van der Waals surface area (Å²) in [6.07, 6.45) is 1.37. The van der Waals surface area contributed by atoms with Crippen LogP contribution in [0.15, 0.2) is 29.8 Å². The lowest BCUT2D eigenvalue weighted by molar-refractivity contribution is 0.0662. The van der Waals surface area contributed by atoms with E-state index < -0.39 is 6.10 Å². The van der Waals surface area contributed by atoms with Crippen LogP contribution < -0.4 is 9.64 Å². The van der Waals surface area contributed by atoms with Gasteiger partial charge in [0.25, 0.3) is 0 Å². The quantitative estimate of drug-likeness (QED) is 0.869. The fourth-order valence-corrected chi connectivity index (χ4v) is 3.75. The highest BCUT2D eigenvalue weighted by Gasteiger charge is 2.20. The van der Waals surface area contributed by atoms with E-state index in [0.29, 0.717) is 13.2 Å². The summed E-state index contributed by atoms with van der Waals surface area (Å²) in [7, 11) is 0. The molecule has 0 aliphatic carbocycles. The van der Waals surface area contributed by atoms with Gasteiger partial charge in [-0.3, -0.25) is 4.90 Å². The van der Waals surface area contributed by atoms with Crippen molar-refractivity contribution < 1.29 is 9.84 Å². The first-order valence-electron chi connectivity index (χ1n) is 8.36. The molecule has 1 fully saturated rings. The second-order valence-electron chi connectivity index (χ2n) is 6.39. The Bertz CT molecular complexity index is 619. The van der Waals surface area contributed by atoms with E-state index in [1.165, 1.54) is 11.1 Å². The number of ether oxygens (including phenoxy) is 1. The molecule has 1 aromatic heterocycles. The van der Waals surface area contributed by atoms with Gasteiger partial charge in [-0.1, -0.05) is 6.07 Å². The van der Waals surface area contributed by atoms with Gasteiger partial charge in [0.1, 0.15) is 18.5 Å². The van der Waals surface area contributed by atoms with Gasteiger partial charge in [0.15, 0.2) is 5.13 Å². The standard InChI is InChI=1S/C18H25N3O2S/c1-14-9-15(2)11-17(10-14)23-13-16(22)12-20-4-6-21(7-5-20)18-19-3-8-24-18/h3,8-11,16,22H,4-7,12-13H2,1-2H3/t16-/m0/s1. The van der Waals surface area contributed by atoms with Gasteiger partial charge < -0.3 is 14.7 Å². The molecule has 1 aromatic carbocycles. The van der Waals surface area contributed by atoms with Crippen LogP contribution in [0.2, 0.25) is 0 Å². The summed E-state index contributed by atoms with van der Waals surface area (Å²) in [5, 5.41) is 13.4. The van der Waals surface area contributed by atoms with Crippen LogP contribution in [0.25, 0.3) is 0 Å². The zero-order chi connectivity index (χ0) is 16.9. The average molecular weight is 347 g/mol. The van der Waals surface area contributed by atoms with E-state index in [1.807, 2.05) is 23.7 Å². The topological polar surface area (TPSA) is 48.8 Å². The van der Waals surface area contributed by atoms with Crippen LogP contribution in [0, 0.1) is 13.8 Å². The highest BCUT2D eigenvalue weighted by molar-refractivity contribution is 7.13. The summed E-state index contributed by atoms with van der Waals surface area (Å²) in [5.74, 6) is 0.833. The third kappa shape index (κ3) is 4.69. The molecular weight excluding hydrogens is 322 g/mol. The molecule has 0 saturated carbocycles. The Morgan fingerprint density at radius 3 is 2.50 bits per heavy atom. The Hall–Kier alpha value is -1.63. The monoisotopic (exact) mass is 347 g/mol. The molecule has 1 aliphatic rings. The van der Waals surface area contributed by atoms with Crippen molar-refractivity contribution in [3.63, 3.8) is 0 Å². The summed E-state index contributed by atoms with van der Waals surface area (Å²) in [6.45, 7) is 8.89. The minimum Gasteiger partial charge on any atom is -0.491 e. The van der Waals surface area contributed by atoms with Gasteiger partial charge in [0.2, 0.25) is 0 Å². The predicted molar refractivity (Wildman–Crippen MR) is 98.2 cm³/mol. The van der Waals surface area contributed by atoms with Gasteiger partial charge >= 0.3 is 0 Å². The number of hydrogen-bond acceptors (Lipinski definition) is 6. The Morgan fingerprint density at radius 1 is 1.17 bits per heavy atom. The van der Waals surface area contributed by atoms with Crippen molar-refractivity contribution in [2.24, 2.45) is 0 Å². The molecule has 0 amide bonds. The number of aromatic nitrogens is 1. The number of thiazole rings is 1. The van der Waals surface area contributed by atoms with E-state index in [9.17, 15) is 5.11 Å². The van der Waals surface area contributed by atoms with Crippen LogP contribution in [0.3, 0.4) is 0 Å². The number of nitrogens with zero attached hydrogens (tertiary/aromatic N) is 3. The molecule has 1 N–H and O–H groups in total. The fourth-order valence-electron chi connectivity index (χ4n) is 3.05. The Morgan fingerprint density at radius 2 is 1.88 bits per heavy atom. The summed E-state index contributed by atoms with van der Waals surface area (Å²) >= 11 is 1.68. The van der Waals surface area contributed by atoms with E-state index in [4.69, 9.17) is 4.74 Å². The molecule has 2 aromatic rings. The highest BCUT2D eigenvalue weighted by Crippen LogP contribution is 2.19. The van der Waals surface area contributed by atoms with Crippen LogP contribution >= 0.6 is 11.3 Å². The van der Waals surface area contributed by atoms with Crippen molar-refractivity contribution in [2.45, 2.75) is 20.0 Å². The SMILES string of the molecule is Cc1cc(C)cc(OC[C@@H](O)CN2CCN(c3nccs3)CC2)c1. The number of hydrogen-bond donors (Lipinski definition) is 1. The number of anilines is 1. The molecule has 1 saturated heterocycles. The zero-order valence-corrected chi connectivity index (χ0v) is 15.1. The van der Waals surface area contributed by atoms with Gasteiger partial charge in [0.05, 0.1) is 0 Å². The summed E-state index contributed by atoms with van der Waals surface area (Å²) < 4.78 is 5.76. The van der Waals surface area contributed by atoms with Crippen molar-refractivity contribution in [2.75, 3.05) is 44.2 Å². The van der Waals surface area contributed by atoms with Crippen molar-refractivity contribution in [1.29, 1.82) is 0 Å². The smallest absolute Gasteiger partial charge is 0.185 e. The molecule has 0 bridgehead atoms. The molecule has 1 aliphatic heterocycles. The maximum absolute atomic E-state index is 10.3. The number of piperazine rings is 1. The zero-order valence-electron chi connectivity index (χ0n) is 14.3. The van der Waals surface area contributed by atoms with Crippen LogP contribution in [-0.2, 0) is 0 Å². The number of aliphatic hydroxyl groups excluding tert-OH is 1. The Kier molecular flexibility index (Phi) is 5.71. The van der Waals surface area contributed by atoms with Crippen LogP contribution in [0.4, 0.5) is 5.13 Å². The van der Waals surface area contributed by atoms with Gasteiger partial charge in [-0.15, -0.1) is 11.3 Å². The van der Waals surface area contributed by atoms with Crippen LogP contribution in [0.1, 0.15) is 11.1 Å². The third-order valence-corrected chi connectivity index (χ3v) is 5.00. The van der Waals surface area contributed by atoms with E-state index in [0.717, 1.165) is 37.1 Å². The molecule has 0 unspecified atom stereocenters. The first-order valence-corrected chi connectivity index (χ1v) is 9.24. The first kappa shape index (κ1) is 17.2. The molecule has 24 heavy (non-hydrogen) atoms. The van der Waals surface area contributed by atoms with Crippen LogP contribution in [0.5, 0.6) is 5.75 Å².